The quantitative estimate of drug-likeness (QED) is 0.278. The van der Waals surface area contributed by atoms with E-state index in [1.165, 1.54) is 30.5 Å². The van der Waals surface area contributed by atoms with Gasteiger partial charge in [0.15, 0.2) is 0 Å². The van der Waals surface area contributed by atoms with Gasteiger partial charge in [0.05, 0.1) is 25.5 Å². The fourth-order valence-corrected chi connectivity index (χ4v) is 5.00. The van der Waals surface area contributed by atoms with E-state index in [1.54, 1.807) is 42.5 Å². The van der Waals surface area contributed by atoms with Crippen LogP contribution in [0, 0.1) is 6.92 Å². The third-order valence-corrected chi connectivity index (χ3v) is 6.93. The molecule has 2 aromatic carbocycles. The molecule has 6 nitrogen and oxygen atoms in total. The number of hydrogen-bond acceptors (Lipinski definition) is 6. The summed E-state index contributed by atoms with van der Waals surface area (Å²) in [5.41, 5.74) is 1.86. The molecule has 1 amide bonds. The molecule has 0 saturated carbocycles. The van der Waals surface area contributed by atoms with Crippen LogP contribution in [0.5, 0.6) is 11.5 Å². The first-order valence-electron chi connectivity index (χ1n) is 9.69. The second kappa shape index (κ2) is 8.80. The highest BCUT2D eigenvalue weighted by molar-refractivity contribution is 9.10. The van der Waals surface area contributed by atoms with Crippen LogP contribution in [0.25, 0.3) is 5.76 Å². The zero-order valence-electron chi connectivity index (χ0n) is 17.6. The van der Waals surface area contributed by atoms with Gasteiger partial charge in [0.1, 0.15) is 23.3 Å². The largest absolute Gasteiger partial charge is 0.507 e. The number of anilines is 1. The van der Waals surface area contributed by atoms with Gasteiger partial charge < -0.3 is 14.6 Å². The van der Waals surface area contributed by atoms with Gasteiger partial charge in [-0.25, -0.2) is 0 Å². The Kier molecular flexibility index (Phi) is 6.08. The Morgan fingerprint density at radius 3 is 2.19 bits per heavy atom. The molecular formula is C24H20BrNO5S. The zero-order chi connectivity index (χ0) is 23.0. The average molecular weight is 514 g/mol. The summed E-state index contributed by atoms with van der Waals surface area (Å²) in [6.45, 7) is 1.91. The number of aliphatic hydroxyl groups excluding tert-OH is 1. The maximum absolute atomic E-state index is 13.3. The highest BCUT2D eigenvalue weighted by Gasteiger charge is 2.48. The molecule has 32 heavy (non-hydrogen) atoms. The summed E-state index contributed by atoms with van der Waals surface area (Å²) >= 11 is 4.80. The van der Waals surface area contributed by atoms with Gasteiger partial charge in [-0.1, -0.05) is 28.1 Å². The van der Waals surface area contributed by atoms with Crippen molar-refractivity contribution in [3.63, 3.8) is 0 Å². The van der Waals surface area contributed by atoms with Crippen molar-refractivity contribution < 1.29 is 24.2 Å². The lowest BCUT2D eigenvalue weighted by Crippen LogP contribution is -2.29. The first kappa shape index (κ1) is 22.1. The van der Waals surface area contributed by atoms with E-state index in [1.807, 2.05) is 18.4 Å². The van der Waals surface area contributed by atoms with Crippen LogP contribution in [0.4, 0.5) is 5.69 Å². The second-order valence-corrected chi connectivity index (χ2v) is 9.08. The minimum absolute atomic E-state index is 0.0460. The van der Waals surface area contributed by atoms with E-state index in [0.29, 0.717) is 22.7 Å². The summed E-state index contributed by atoms with van der Waals surface area (Å²) in [6.07, 6.45) is 0. The molecule has 0 bridgehead atoms. The Morgan fingerprint density at radius 2 is 1.66 bits per heavy atom. The van der Waals surface area contributed by atoms with Crippen molar-refractivity contribution in [2.24, 2.45) is 0 Å². The number of aliphatic hydroxyl groups is 1. The molecule has 4 rings (SSSR count). The molecule has 1 N–H and O–H groups in total. The van der Waals surface area contributed by atoms with Gasteiger partial charge in [0.2, 0.25) is 0 Å². The van der Waals surface area contributed by atoms with Gasteiger partial charge in [-0.3, -0.25) is 14.5 Å². The maximum Gasteiger partial charge on any atom is 0.300 e. The average Bonchev–Trinajstić information content (AvgIpc) is 3.33. The number of Topliss-reactive ketones (excluding diaryl/α,β-unsaturated/α-hetero) is 1. The standard InChI is InChI=1S/C24H20BrNO5S/c1-13-8-9-32-23(13)20-19(21(27)14-4-6-15(25)7-5-14)22(28)24(29)26(20)16-10-17(30-2)12-18(11-16)31-3/h4-12,20,27H,1-3H3/b21-19-. The van der Waals surface area contributed by atoms with Gasteiger partial charge in [0.25, 0.3) is 11.7 Å². The van der Waals surface area contributed by atoms with Crippen molar-refractivity contribution in [2.45, 2.75) is 13.0 Å². The number of benzene rings is 2. The van der Waals surface area contributed by atoms with Crippen molar-refractivity contribution in [3.05, 3.63) is 80.0 Å². The van der Waals surface area contributed by atoms with Crippen LogP contribution in [0.1, 0.15) is 22.0 Å². The molecule has 1 saturated heterocycles. The molecule has 1 aliphatic heterocycles. The first-order valence-corrected chi connectivity index (χ1v) is 11.4. The third-order valence-electron chi connectivity index (χ3n) is 5.33. The number of ether oxygens (including phenoxy) is 2. The number of thiophene rings is 1. The van der Waals surface area contributed by atoms with Crippen molar-refractivity contribution in [2.75, 3.05) is 19.1 Å². The van der Waals surface area contributed by atoms with E-state index >= 15 is 0 Å². The van der Waals surface area contributed by atoms with Crippen LogP contribution in [-0.4, -0.2) is 31.0 Å². The van der Waals surface area contributed by atoms with Crippen LogP contribution in [0.15, 0.2) is 64.0 Å². The Bertz CT molecular complexity index is 1210. The van der Waals surface area contributed by atoms with Crippen LogP contribution < -0.4 is 14.4 Å². The summed E-state index contributed by atoms with van der Waals surface area (Å²) < 4.78 is 11.6. The highest BCUT2D eigenvalue weighted by Crippen LogP contribution is 2.46. The number of ketones is 1. The molecule has 8 heteroatoms. The molecule has 1 atom stereocenters. The molecule has 164 valence electrons. The SMILES string of the molecule is COc1cc(OC)cc(N2C(=O)C(=O)/C(=C(\O)c3ccc(Br)cc3)C2c2sccc2C)c1. The molecule has 1 aliphatic rings. The van der Waals surface area contributed by atoms with Crippen molar-refractivity contribution in [1.82, 2.24) is 0 Å². The Labute approximate surface area is 197 Å². The highest BCUT2D eigenvalue weighted by atomic mass is 79.9. The summed E-state index contributed by atoms with van der Waals surface area (Å²) in [4.78, 5) is 28.7. The van der Waals surface area contributed by atoms with Gasteiger partial charge in [-0.05, 0) is 36.1 Å². The van der Waals surface area contributed by atoms with Gasteiger partial charge in [-0.15, -0.1) is 11.3 Å². The van der Waals surface area contributed by atoms with Crippen LogP contribution in [0.2, 0.25) is 0 Å². The number of carbonyl (C=O) groups is 2. The molecule has 1 unspecified atom stereocenters. The fraction of sp³-hybridized carbons (Fsp3) is 0.167. The van der Waals surface area contributed by atoms with E-state index in [9.17, 15) is 14.7 Å². The third kappa shape index (κ3) is 3.80. The molecule has 1 aromatic heterocycles. The molecule has 0 radical (unpaired) electrons. The summed E-state index contributed by atoms with van der Waals surface area (Å²) in [5, 5.41) is 13.0. The zero-order valence-corrected chi connectivity index (χ0v) is 20.0. The number of carbonyl (C=O) groups excluding carboxylic acids is 2. The molecule has 3 aromatic rings. The number of rotatable bonds is 5. The number of amides is 1. The normalized spacial score (nSPS) is 17.6. The van der Waals surface area contributed by atoms with Crippen molar-refractivity contribution in [3.8, 4) is 11.5 Å². The number of methoxy groups -OCH3 is 2. The minimum atomic E-state index is -0.782. The predicted octanol–water partition coefficient (Wildman–Crippen LogP) is 5.46. The lowest BCUT2D eigenvalue weighted by molar-refractivity contribution is -0.132. The fourth-order valence-electron chi connectivity index (χ4n) is 3.71. The smallest absolute Gasteiger partial charge is 0.300 e. The van der Waals surface area contributed by atoms with E-state index in [2.05, 4.69) is 15.9 Å². The van der Waals surface area contributed by atoms with Gasteiger partial charge in [-0.2, -0.15) is 0 Å². The number of halogens is 1. The number of hydrogen-bond donors (Lipinski definition) is 1. The van der Waals surface area contributed by atoms with E-state index in [0.717, 1.165) is 14.9 Å². The molecule has 1 fully saturated rings. The van der Waals surface area contributed by atoms with Crippen molar-refractivity contribution in [1.29, 1.82) is 0 Å². The number of aryl methyl sites for hydroxylation is 1. The van der Waals surface area contributed by atoms with Gasteiger partial charge in [0, 0.05) is 33.1 Å². The van der Waals surface area contributed by atoms with Crippen LogP contribution in [-0.2, 0) is 9.59 Å². The summed E-state index contributed by atoms with van der Waals surface area (Å²) in [5.74, 6) is -0.723. The lowest BCUT2D eigenvalue weighted by Gasteiger charge is -2.25. The van der Waals surface area contributed by atoms with Crippen molar-refractivity contribution >= 4 is 50.4 Å². The predicted molar refractivity (Wildman–Crippen MR) is 128 cm³/mol. The minimum Gasteiger partial charge on any atom is -0.507 e. The Hall–Kier alpha value is -3.10. The van der Waals surface area contributed by atoms with E-state index < -0.39 is 17.7 Å². The Balaban J connectivity index is 1.96. The topological polar surface area (TPSA) is 76.1 Å². The van der Waals surface area contributed by atoms with Crippen LogP contribution in [0.3, 0.4) is 0 Å². The van der Waals surface area contributed by atoms with E-state index in [4.69, 9.17) is 9.47 Å². The van der Waals surface area contributed by atoms with E-state index in [-0.39, 0.29) is 11.3 Å². The first-order chi connectivity index (χ1) is 15.3. The van der Waals surface area contributed by atoms with Gasteiger partial charge >= 0.3 is 0 Å². The summed E-state index contributed by atoms with van der Waals surface area (Å²) in [7, 11) is 3.03. The van der Waals surface area contributed by atoms with Crippen LogP contribution >= 0.6 is 27.3 Å². The molecule has 2 heterocycles. The monoisotopic (exact) mass is 513 g/mol. The number of nitrogens with zero attached hydrogens (tertiary/aromatic N) is 1. The lowest BCUT2D eigenvalue weighted by atomic mass is 9.98. The second-order valence-electron chi connectivity index (χ2n) is 7.21. The molecule has 0 aliphatic carbocycles. The summed E-state index contributed by atoms with van der Waals surface area (Å²) in [6, 6.07) is 13.1. The Morgan fingerprint density at radius 1 is 1.03 bits per heavy atom. The maximum atomic E-state index is 13.3. The molecular weight excluding hydrogens is 494 g/mol. The molecule has 0 spiro atoms.